The third kappa shape index (κ3) is 3.97. The summed E-state index contributed by atoms with van der Waals surface area (Å²) in [7, 11) is 0. The SMILES string of the molecule is CCOc1ccc(-c2cn(C3CN(C(=O)c4cnn(-c5ccccn5)c4CC)C3)nn2)cc1. The van der Waals surface area contributed by atoms with E-state index in [1.807, 2.05) is 72.1 Å². The van der Waals surface area contributed by atoms with Gasteiger partial charge in [-0.15, -0.1) is 5.10 Å². The van der Waals surface area contributed by atoms with E-state index >= 15 is 0 Å². The summed E-state index contributed by atoms with van der Waals surface area (Å²) in [6.45, 7) is 5.79. The van der Waals surface area contributed by atoms with Crippen molar-refractivity contribution in [3.8, 4) is 22.8 Å². The van der Waals surface area contributed by atoms with E-state index in [0.29, 0.717) is 37.5 Å². The van der Waals surface area contributed by atoms with E-state index < -0.39 is 0 Å². The Morgan fingerprint density at radius 1 is 1.12 bits per heavy atom. The van der Waals surface area contributed by atoms with E-state index in [2.05, 4.69) is 20.4 Å². The van der Waals surface area contributed by atoms with Crippen molar-refractivity contribution >= 4 is 5.91 Å². The molecule has 0 atom stereocenters. The Morgan fingerprint density at radius 3 is 2.64 bits per heavy atom. The minimum absolute atomic E-state index is 0.0165. The van der Waals surface area contributed by atoms with Gasteiger partial charge < -0.3 is 9.64 Å². The maximum absolute atomic E-state index is 13.1. The molecule has 0 radical (unpaired) electrons. The fourth-order valence-electron chi connectivity index (χ4n) is 4.00. The van der Waals surface area contributed by atoms with Gasteiger partial charge >= 0.3 is 0 Å². The highest BCUT2D eigenvalue weighted by molar-refractivity contribution is 5.95. The maximum Gasteiger partial charge on any atom is 0.257 e. The third-order valence-corrected chi connectivity index (χ3v) is 5.80. The summed E-state index contributed by atoms with van der Waals surface area (Å²) in [5.74, 6) is 1.52. The molecule has 0 spiro atoms. The number of rotatable bonds is 7. The topological polar surface area (TPSA) is 91.0 Å². The van der Waals surface area contributed by atoms with Gasteiger partial charge in [-0.2, -0.15) is 5.10 Å². The highest BCUT2D eigenvalue weighted by atomic mass is 16.5. The molecule has 9 heteroatoms. The van der Waals surface area contributed by atoms with E-state index in [1.165, 1.54) is 0 Å². The van der Waals surface area contributed by atoms with Gasteiger partial charge in [0.1, 0.15) is 11.4 Å². The Morgan fingerprint density at radius 2 is 1.94 bits per heavy atom. The molecule has 1 aliphatic heterocycles. The Hall–Kier alpha value is -4.01. The molecule has 1 fully saturated rings. The van der Waals surface area contributed by atoms with Crippen molar-refractivity contribution in [2.24, 2.45) is 0 Å². The average molecular weight is 444 g/mol. The summed E-state index contributed by atoms with van der Waals surface area (Å²) in [5, 5.41) is 13.0. The van der Waals surface area contributed by atoms with Crippen LogP contribution in [-0.2, 0) is 6.42 Å². The van der Waals surface area contributed by atoms with Gasteiger partial charge in [0.25, 0.3) is 5.91 Å². The molecule has 1 saturated heterocycles. The molecule has 168 valence electrons. The Balaban J connectivity index is 1.26. The number of pyridine rings is 1. The first-order chi connectivity index (χ1) is 16.2. The van der Waals surface area contributed by atoms with Crippen LogP contribution >= 0.6 is 0 Å². The number of carbonyl (C=O) groups is 1. The summed E-state index contributed by atoms with van der Waals surface area (Å²) >= 11 is 0. The van der Waals surface area contributed by atoms with Gasteiger partial charge in [-0.05, 0) is 49.7 Å². The van der Waals surface area contributed by atoms with Gasteiger partial charge in [-0.3, -0.25) is 4.79 Å². The number of carbonyl (C=O) groups excluding carboxylic acids is 1. The van der Waals surface area contributed by atoms with E-state index in [0.717, 1.165) is 22.7 Å². The van der Waals surface area contributed by atoms with Crippen LogP contribution < -0.4 is 4.74 Å². The van der Waals surface area contributed by atoms with Crippen LogP contribution in [0.2, 0.25) is 0 Å². The lowest BCUT2D eigenvalue weighted by molar-refractivity contribution is 0.0497. The van der Waals surface area contributed by atoms with Crippen LogP contribution in [0, 0.1) is 0 Å². The number of ether oxygens (including phenoxy) is 1. The van der Waals surface area contributed by atoms with Crippen LogP contribution in [0.5, 0.6) is 5.75 Å². The van der Waals surface area contributed by atoms with Crippen LogP contribution in [0.3, 0.4) is 0 Å². The number of nitrogens with zero attached hydrogens (tertiary/aromatic N) is 7. The molecule has 5 rings (SSSR count). The standard InChI is InChI=1S/C24H25N7O2/c1-3-22-20(13-26-31(22)23-7-5-6-12-25-23)24(32)29-14-18(15-29)30-16-21(27-28-30)17-8-10-19(11-9-17)33-4-2/h5-13,16,18H,3-4,14-15H2,1-2H3. The molecule has 0 bridgehead atoms. The van der Waals surface area contributed by atoms with Crippen LogP contribution in [0.1, 0.15) is 35.9 Å². The van der Waals surface area contributed by atoms with E-state index in [-0.39, 0.29) is 11.9 Å². The minimum atomic E-state index is -0.0165. The first kappa shape index (κ1) is 20.9. The predicted molar refractivity (Wildman–Crippen MR) is 122 cm³/mol. The Bertz CT molecular complexity index is 1240. The van der Waals surface area contributed by atoms with Gasteiger partial charge in [0, 0.05) is 24.8 Å². The lowest BCUT2D eigenvalue weighted by atomic mass is 10.1. The van der Waals surface area contributed by atoms with Gasteiger partial charge in [0.05, 0.1) is 36.3 Å². The molecular formula is C24H25N7O2. The number of hydrogen-bond acceptors (Lipinski definition) is 6. The molecule has 4 heterocycles. The number of aromatic nitrogens is 6. The molecule has 4 aromatic rings. The van der Waals surface area contributed by atoms with E-state index in [4.69, 9.17) is 4.74 Å². The highest BCUT2D eigenvalue weighted by Crippen LogP contribution is 2.27. The second kappa shape index (κ2) is 8.85. The molecule has 1 amide bonds. The number of benzene rings is 1. The minimum Gasteiger partial charge on any atom is -0.494 e. The van der Waals surface area contributed by atoms with Crippen molar-refractivity contribution < 1.29 is 9.53 Å². The monoisotopic (exact) mass is 443 g/mol. The van der Waals surface area contributed by atoms with Crippen LogP contribution in [0.25, 0.3) is 17.1 Å². The van der Waals surface area contributed by atoms with Crippen LogP contribution in [0.4, 0.5) is 0 Å². The van der Waals surface area contributed by atoms with Crippen LogP contribution in [-0.4, -0.2) is 60.3 Å². The molecule has 0 N–H and O–H groups in total. The van der Waals surface area contributed by atoms with Gasteiger partial charge in [0.15, 0.2) is 5.82 Å². The van der Waals surface area contributed by atoms with Crippen molar-refractivity contribution in [1.82, 2.24) is 34.7 Å². The van der Waals surface area contributed by atoms with Gasteiger partial charge in [-0.25, -0.2) is 14.3 Å². The third-order valence-electron chi connectivity index (χ3n) is 5.80. The normalized spacial score (nSPS) is 13.7. The lowest BCUT2D eigenvalue weighted by Crippen LogP contribution is -2.51. The van der Waals surface area contributed by atoms with E-state index in [1.54, 1.807) is 17.1 Å². The molecule has 1 aromatic carbocycles. The second-order valence-electron chi connectivity index (χ2n) is 7.86. The summed E-state index contributed by atoms with van der Waals surface area (Å²) in [6.07, 6.45) is 5.97. The number of hydrogen-bond donors (Lipinski definition) is 0. The molecule has 1 aliphatic rings. The smallest absolute Gasteiger partial charge is 0.257 e. The Labute approximate surface area is 191 Å². The number of amides is 1. The van der Waals surface area contributed by atoms with Crippen LogP contribution in [0.15, 0.2) is 61.1 Å². The average Bonchev–Trinajstić information content (AvgIpc) is 3.47. The highest BCUT2D eigenvalue weighted by Gasteiger charge is 2.35. The molecule has 0 saturated carbocycles. The Kier molecular flexibility index (Phi) is 5.60. The molecule has 9 nitrogen and oxygen atoms in total. The molecule has 0 unspecified atom stereocenters. The van der Waals surface area contributed by atoms with Crippen molar-refractivity contribution in [3.05, 3.63) is 72.3 Å². The lowest BCUT2D eigenvalue weighted by Gasteiger charge is -2.38. The van der Waals surface area contributed by atoms with Crippen molar-refractivity contribution in [3.63, 3.8) is 0 Å². The van der Waals surface area contributed by atoms with E-state index in [9.17, 15) is 4.79 Å². The summed E-state index contributed by atoms with van der Waals surface area (Å²) in [6, 6.07) is 13.6. The summed E-state index contributed by atoms with van der Waals surface area (Å²) in [4.78, 5) is 19.3. The number of likely N-dealkylation sites (tertiary alicyclic amines) is 1. The predicted octanol–water partition coefficient (Wildman–Crippen LogP) is 3.18. The molecule has 0 aliphatic carbocycles. The summed E-state index contributed by atoms with van der Waals surface area (Å²) < 4.78 is 9.07. The zero-order valence-electron chi connectivity index (χ0n) is 18.6. The first-order valence-electron chi connectivity index (χ1n) is 11.1. The zero-order chi connectivity index (χ0) is 22.8. The zero-order valence-corrected chi connectivity index (χ0v) is 18.6. The largest absolute Gasteiger partial charge is 0.494 e. The van der Waals surface area contributed by atoms with Crippen molar-refractivity contribution in [2.75, 3.05) is 19.7 Å². The molecule has 3 aromatic heterocycles. The second-order valence-corrected chi connectivity index (χ2v) is 7.86. The van der Waals surface area contributed by atoms with Gasteiger partial charge in [-0.1, -0.05) is 18.2 Å². The van der Waals surface area contributed by atoms with Gasteiger partial charge in [0.2, 0.25) is 0 Å². The maximum atomic E-state index is 13.1. The van der Waals surface area contributed by atoms with Crippen molar-refractivity contribution in [1.29, 1.82) is 0 Å². The quantitative estimate of drug-likeness (QED) is 0.436. The summed E-state index contributed by atoms with van der Waals surface area (Å²) in [5.41, 5.74) is 3.26. The fourth-order valence-corrected chi connectivity index (χ4v) is 4.00. The first-order valence-corrected chi connectivity index (χ1v) is 11.1. The fraction of sp³-hybridized carbons (Fsp3) is 0.292. The molecular weight excluding hydrogens is 418 g/mol. The molecule has 33 heavy (non-hydrogen) atoms. The van der Waals surface area contributed by atoms with Crippen molar-refractivity contribution in [2.45, 2.75) is 26.3 Å².